The Labute approximate surface area is 116 Å². The van der Waals surface area contributed by atoms with Crippen molar-refractivity contribution in [3.05, 3.63) is 0 Å². The molecule has 1 N–H and O–H groups in total. The number of hydrogen-bond donors (Lipinski definition) is 1. The molecule has 2 heterocycles. The smallest absolute Gasteiger partial charge is 0.226 e. The third kappa shape index (κ3) is 3.91. The molecule has 2 atom stereocenters. The van der Waals surface area contributed by atoms with Crippen molar-refractivity contribution in [3.8, 4) is 0 Å². The highest BCUT2D eigenvalue weighted by Gasteiger charge is 2.32. The lowest BCUT2D eigenvalue weighted by atomic mass is 10.1. The van der Waals surface area contributed by atoms with Gasteiger partial charge in [0.15, 0.2) is 0 Å². The topological polar surface area (TPSA) is 44.8 Å². The van der Waals surface area contributed by atoms with Crippen LogP contribution in [0.15, 0.2) is 0 Å². The summed E-state index contributed by atoms with van der Waals surface area (Å²) in [6.07, 6.45) is 1.11. The van der Waals surface area contributed by atoms with E-state index in [1.54, 1.807) is 0 Å². The van der Waals surface area contributed by atoms with Crippen LogP contribution in [0.3, 0.4) is 0 Å². The van der Waals surface area contributed by atoms with Gasteiger partial charge < -0.3 is 15.0 Å². The molecule has 2 aliphatic rings. The molecule has 2 fully saturated rings. The Morgan fingerprint density at radius 3 is 2.79 bits per heavy atom. The molecule has 0 radical (unpaired) electrons. The van der Waals surface area contributed by atoms with E-state index >= 15 is 0 Å². The van der Waals surface area contributed by atoms with E-state index in [2.05, 4.69) is 17.1 Å². The van der Waals surface area contributed by atoms with Crippen LogP contribution in [0, 0.1) is 5.92 Å². The molecule has 5 nitrogen and oxygen atoms in total. The summed E-state index contributed by atoms with van der Waals surface area (Å²) in [6.45, 7) is 11.3. The largest absolute Gasteiger partial charge is 0.379 e. The number of nitrogens with zero attached hydrogens (tertiary/aromatic N) is 2. The van der Waals surface area contributed by atoms with Gasteiger partial charge >= 0.3 is 0 Å². The van der Waals surface area contributed by atoms with Crippen molar-refractivity contribution in [1.29, 1.82) is 0 Å². The zero-order chi connectivity index (χ0) is 13.7. The highest BCUT2D eigenvalue weighted by molar-refractivity contribution is 5.79. The Morgan fingerprint density at radius 1 is 1.37 bits per heavy atom. The van der Waals surface area contributed by atoms with Crippen molar-refractivity contribution in [3.63, 3.8) is 0 Å². The summed E-state index contributed by atoms with van der Waals surface area (Å²) >= 11 is 0. The Bertz CT molecular complexity index is 292. The first kappa shape index (κ1) is 14.8. The molecule has 2 saturated heterocycles. The third-order valence-electron chi connectivity index (χ3n) is 4.16. The molecule has 0 aromatic heterocycles. The number of ether oxygens (including phenoxy) is 1. The molecule has 2 rings (SSSR count). The van der Waals surface area contributed by atoms with Crippen molar-refractivity contribution in [2.75, 3.05) is 52.5 Å². The maximum Gasteiger partial charge on any atom is 0.226 e. The highest BCUT2D eigenvalue weighted by atomic mass is 16.5. The fourth-order valence-corrected chi connectivity index (χ4v) is 2.94. The third-order valence-corrected chi connectivity index (χ3v) is 4.16. The summed E-state index contributed by atoms with van der Waals surface area (Å²) in [6, 6.07) is 0.541. The summed E-state index contributed by atoms with van der Waals surface area (Å²) in [7, 11) is 0. The number of carbonyl (C=O) groups is 1. The second kappa shape index (κ2) is 7.22. The predicted octanol–water partition coefficient (Wildman–Crippen LogP) is 0.165. The predicted molar refractivity (Wildman–Crippen MR) is 75.1 cm³/mol. The van der Waals surface area contributed by atoms with E-state index in [1.165, 1.54) is 0 Å². The lowest BCUT2D eigenvalue weighted by Crippen LogP contribution is -2.46. The molecule has 110 valence electrons. The lowest BCUT2D eigenvalue weighted by molar-refractivity contribution is -0.134. The standard InChI is InChI=1S/C14H27N3O2/c1-3-15-10-12(2)14(18)17-5-4-13(11-17)16-6-8-19-9-7-16/h12-13,15H,3-11H2,1-2H3. The van der Waals surface area contributed by atoms with Crippen molar-refractivity contribution >= 4 is 5.91 Å². The second-order valence-corrected chi connectivity index (χ2v) is 5.58. The number of rotatable bonds is 5. The average molecular weight is 269 g/mol. The minimum absolute atomic E-state index is 0.0865. The maximum atomic E-state index is 12.3. The van der Waals surface area contributed by atoms with Gasteiger partial charge in [0, 0.05) is 44.7 Å². The van der Waals surface area contributed by atoms with Crippen LogP contribution in [-0.2, 0) is 9.53 Å². The second-order valence-electron chi connectivity index (χ2n) is 5.58. The van der Waals surface area contributed by atoms with Crippen LogP contribution in [-0.4, -0.2) is 74.2 Å². The zero-order valence-corrected chi connectivity index (χ0v) is 12.2. The normalized spacial score (nSPS) is 26.6. The molecule has 19 heavy (non-hydrogen) atoms. The SMILES string of the molecule is CCNCC(C)C(=O)N1CCC(N2CCOCC2)C1. The van der Waals surface area contributed by atoms with Crippen LogP contribution in [0.4, 0.5) is 0 Å². The highest BCUT2D eigenvalue weighted by Crippen LogP contribution is 2.18. The molecule has 0 aromatic carbocycles. The summed E-state index contributed by atoms with van der Waals surface area (Å²) in [4.78, 5) is 16.8. The molecule has 0 aliphatic carbocycles. The van der Waals surface area contributed by atoms with Crippen LogP contribution >= 0.6 is 0 Å². The molecule has 2 aliphatic heterocycles. The fourth-order valence-electron chi connectivity index (χ4n) is 2.94. The molecule has 1 amide bonds. The van der Waals surface area contributed by atoms with Crippen LogP contribution in [0.5, 0.6) is 0 Å². The molecule has 0 saturated carbocycles. The van der Waals surface area contributed by atoms with E-state index < -0.39 is 0 Å². The van der Waals surface area contributed by atoms with Gasteiger partial charge in [0.1, 0.15) is 0 Å². The Balaban J connectivity index is 1.78. The van der Waals surface area contributed by atoms with Crippen LogP contribution in [0.1, 0.15) is 20.3 Å². The van der Waals surface area contributed by atoms with Gasteiger partial charge in [-0.1, -0.05) is 13.8 Å². The molecule has 0 spiro atoms. The Kier molecular flexibility index (Phi) is 5.60. The fraction of sp³-hybridized carbons (Fsp3) is 0.929. The van der Waals surface area contributed by atoms with Gasteiger partial charge in [-0.15, -0.1) is 0 Å². The molecular weight excluding hydrogens is 242 g/mol. The molecule has 0 bridgehead atoms. The van der Waals surface area contributed by atoms with Crippen LogP contribution < -0.4 is 5.32 Å². The van der Waals surface area contributed by atoms with Gasteiger partial charge in [-0.25, -0.2) is 0 Å². The minimum atomic E-state index is 0.0865. The van der Waals surface area contributed by atoms with Gasteiger partial charge in [0.2, 0.25) is 5.91 Å². The number of likely N-dealkylation sites (tertiary alicyclic amines) is 1. The van der Waals surface area contributed by atoms with E-state index in [-0.39, 0.29) is 5.92 Å². The average Bonchev–Trinajstić information content (AvgIpc) is 2.94. The van der Waals surface area contributed by atoms with Crippen LogP contribution in [0.25, 0.3) is 0 Å². The molecule has 0 aromatic rings. The quantitative estimate of drug-likeness (QED) is 0.772. The summed E-state index contributed by atoms with van der Waals surface area (Å²) in [5, 5.41) is 3.25. The molecule has 5 heteroatoms. The summed E-state index contributed by atoms with van der Waals surface area (Å²) in [5.74, 6) is 0.389. The van der Waals surface area contributed by atoms with Crippen molar-refractivity contribution in [2.45, 2.75) is 26.3 Å². The first-order valence-electron chi connectivity index (χ1n) is 7.53. The van der Waals surface area contributed by atoms with Gasteiger partial charge in [0.25, 0.3) is 0 Å². The van der Waals surface area contributed by atoms with E-state index in [0.717, 1.165) is 58.9 Å². The monoisotopic (exact) mass is 269 g/mol. The van der Waals surface area contributed by atoms with Gasteiger partial charge in [0.05, 0.1) is 13.2 Å². The van der Waals surface area contributed by atoms with E-state index in [9.17, 15) is 4.79 Å². The Morgan fingerprint density at radius 2 is 2.11 bits per heavy atom. The van der Waals surface area contributed by atoms with Crippen molar-refractivity contribution < 1.29 is 9.53 Å². The molecule has 2 unspecified atom stereocenters. The number of hydrogen-bond acceptors (Lipinski definition) is 4. The number of morpholine rings is 1. The number of amides is 1. The van der Waals surface area contributed by atoms with Crippen molar-refractivity contribution in [2.24, 2.45) is 5.92 Å². The van der Waals surface area contributed by atoms with Crippen LogP contribution in [0.2, 0.25) is 0 Å². The van der Waals surface area contributed by atoms with E-state index in [4.69, 9.17) is 4.74 Å². The van der Waals surface area contributed by atoms with Crippen molar-refractivity contribution in [1.82, 2.24) is 15.1 Å². The lowest BCUT2D eigenvalue weighted by Gasteiger charge is -2.32. The first-order valence-corrected chi connectivity index (χ1v) is 7.53. The summed E-state index contributed by atoms with van der Waals surface area (Å²) < 4.78 is 5.39. The minimum Gasteiger partial charge on any atom is -0.379 e. The van der Waals surface area contributed by atoms with E-state index in [1.807, 2.05) is 11.8 Å². The summed E-state index contributed by atoms with van der Waals surface area (Å²) in [5.41, 5.74) is 0. The number of nitrogens with one attached hydrogen (secondary N) is 1. The van der Waals surface area contributed by atoms with Gasteiger partial charge in [-0.05, 0) is 13.0 Å². The number of carbonyl (C=O) groups excluding carboxylic acids is 1. The zero-order valence-electron chi connectivity index (χ0n) is 12.2. The molecular formula is C14H27N3O2. The maximum absolute atomic E-state index is 12.3. The van der Waals surface area contributed by atoms with E-state index in [0.29, 0.717) is 11.9 Å². The van der Waals surface area contributed by atoms with Gasteiger partial charge in [-0.2, -0.15) is 0 Å². The van der Waals surface area contributed by atoms with Gasteiger partial charge in [-0.3, -0.25) is 9.69 Å². The first-order chi connectivity index (χ1) is 9.22. The Hall–Kier alpha value is -0.650.